The Morgan fingerprint density at radius 2 is 1.75 bits per heavy atom. The summed E-state index contributed by atoms with van der Waals surface area (Å²) in [5.74, 6) is 1.69. The lowest BCUT2D eigenvalue weighted by atomic mass is 9.70. The second kappa shape index (κ2) is 9.40. The third-order valence-corrected chi connectivity index (χ3v) is 6.09. The number of hydrogen-bond donors (Lipinski definition) is 2. The molecule has 142 valence electrons. The van der Waals surface area contributed by atoms with E-state index in [1.165, 1.54) is 25.7 Å². The van der Waals surface area contributed by atoms with E-state index < -0.39 is 0 Å². The first-order valence-corrected chi connectivity index (χ1v) is 9.35. The third kappa shape index (κ3) is 5.60. The quantitative estimate of drug-likeness (QED) is 0.790. The molecule has 0 aromatic rings. The van der Waals surface area contributed by atoms with Crippen molar-refractivity contribution >= 4 is 18.3 Å². The van der Waals surface area contributed by atoms with Gasteiger partial charge in [-0.15, -0.1) is 12.4 Å². The molecule has 2 aliphatic rings. The molecule has 0 spiro atoms. The number of ether oxygens (including phenoxy) is 1. The lowest BCUT2D eigenvalue weighted by Crippen LogP contribution is -2.51. The summed E-state index contributed by atoms with van der Waals surface area (Å²) in [4.78, 5) is 12.8. The van der Waals surface area contributed by atoms with E-state index in [4.69, 9.17) is 4.74 Å². The molecule has 0 radical (unpaired) electrons. The van der Waals surface area contributed by atoms with Crippen LogP contribution in [0.1, 0.15) is 59.3 Å². The largest absolute Gasteiger partial charge is 0.384 e. The zero-order valence-electron chi connectivity index (χ0n) is 16.0. The summed E-state index contributed by atoms with van der Waals surface area (Å²) in [6, 6.07) is 0. The SMILES string of the molecule is COCC1(C(=O)NCC2CCC(C(C)(C)C)CC2)CCNCC1.Cl. The van der Waals surface area contributed by atoms with Crippen LogP contribution in [0, 0.1) is 22.7 Å². The van der Waals surface area contributed by atoms with Gasteiger partial charge in [-0.25, -0.2) is 0 Å². The van der Waals surface area contributed by atoms with E-state index in [-0.39, 0.29) is 23.7 Å². The maximum absolute atomic E-state index is 12.8. The Hall–Kier alpha value is -0.320. The molecule has 1 saturated carbocycles. The van der Waals surface area contributed by atoms with Gasteiger partial charge in [0.15, 0.2) is 0 Å². The van der Waals surface area contributed by atoms with Gasteiger partial charge in [-0.1, -0.05) is 20.8 Å². The Kier molecular flexibility index (Phi) is 8.51. The van der Waals surface area contributed by atoms with Gasteiger partial charge in [-0.05, 0) is 68.9 Å². The first-order valence-electron chi connectivity index (χ1n) is 9.35. The zero-order chi connectivity index (χ0) is 16.9. The van der Waals surface area contributed by atoms with Gasteiger partial charge in [0.2, 0.25) is 5.91 Å². The number of nitrogens with one attached hydrogen (secondary N) is 2. The Labute approximate surface area is 154 Å². The fraction of sp³-hybridized carbons (Fsp3) is 0.947. The Bertz CT molecular complexity index is 376. The molecule has 2 N–H and O–H groups in total. The molecule has 1 heterocycles. The maximum atomic E-state index is 12.8. The summed E-state index contributed by atoms with van der Waals surface area (Å²) >= 11 is 0. The summed E-state index contributed by atoms with van der Waals surface area (Å²) < 4.78 is 5.36. The number of methoxy groups -OCH3 is 1. The molecule has 1 aliphatic heterocycles. The van der Waals surface area contributed by atoms with Crippen molar-refractivity contribution in [1.82, 2.24) is 10.6 Å². The van der Waals surface area contributed by atoms with Gasteiger partial charge in [0.25, 0.3) is 0 Å². The number of carbonyl (C=O) groups excluding carboxylic acids is 1. The lowest BCUT2D eigenvalue weighted by Gasteiger charge is -2.38. The molecule has 2 fully saturated rings. The molecule has 24 heavy (non-hydrogen) atoms. The van der Waals surface area contributed by atoms with Gasteiger partial charge in [0, 0.05) is 13.7 Å². The van der Waals surface area contributed by atoms with Gasteiger partial charge in [-0.2, -0.15) is 0 Å². The number of piperidine rings is 1. The highest BCUT2D eigenvalue weighted by Crippen LogP contribution is 2.39. The number of rotatable bonds is 5. The van der Waals surface area contributed by atoms with Crippen LogP contribution in [-0.2, 0) is 9.53 Å². The van der Waals surface area contributed by atoms with Crippen LogP contribution >= 0.6 is 12.4 Å². The van der Waals surface area contributed by atoms with Crippen molar-refractivity contribution in [2.45, 2.75) is 59.3 Å². The topological polar surface area (TPSA) is 50.4 Å². The van der Waals surface area contributed by atoms with Crippen LogP contribution in [0.25, 0.3) is 0 Å². The van der Waals surface area contributed by atoms with Crippen molar-refractivity contribution < 1.29 is 9.53 Å². The summed E-state index contributed by atoms with van der Waals surface area (Å²) in [5.41, 5.74) is 0.106. The van der Waals surface area contributed by atoms with E-state index in [0.717, 1.165) is 38.4 Å². The molecule has 0 atom stereocenters. The van der Waals surface area contributed by atoms with Crippen LogP contribution in [0.2, 0.25) is 0 Å². The zero-order valence-corrected chi connectivity index (χ0v) is 16.8. The molecular formula is C19H37ClN2O2. The molecule has 5 heteroatoms. The van der Waals surface area contributed by atoms with E-state index in [1.54, 1.807) is 7.11 Å². The van der Waals surface area contributed by atoms with Gasteiger partial charge in [0.1, 0.15) is 0 Å². The average molecular weight is 361 g/mol. The Morgan fingerprint density at radius 1 is 1.17 bits per heavy atom. The van der Waals surface area contributed by atoms with Crippen molar-refractivity contribution in [2.24, 2.45) is 22.7 Å². The standard InChI is InChI=1S/C19H36N2O2.ClH/c1-18(2,3)16-7-5-15(6-8-16)13-21-17(22)19(14-23-4)9-11-20-12-10-19;/h15-16,20H,5-14H2,1-4H3,(H,21,22);1H. The second-order valence-corrected chi connectivity index (χ2v) is 8.76. The van der Waals surface area contributed by atoms with Crippen LogP contribution in [-0.4, -0.2) is 39.3 Å². The Balaban J connectivity index is 0.00000288. The molecule has 1 aliphatic carbocycles. The van der Waals surface area contributed by atoms with Crippen molar-refractivity contribution in [1.29, 1.82) is 0 Å². The van der Waals surface area contributed by atoms with E-state index in [0.29, 0.717) is 17.9 Å². The minimum Gasteiger partial charge on any atom is -0.384 e. The number of hydrogen-bond acceptors (Lipinski definition) is 3. The van der Waals surface area contributed by atoms with Crippen molar-refractivity contribution in [3.63, 3.8) is 0 Å². The summed E-state index contributed by atoms with van der Waals surface area (Å²) in [6.07, 6.45) is 6.86. The highest BCUT2D eigenvalue weighted by Gasteiger charge is 2.40. The highest BCUT2D eigenvalue weighted by atomic mass is 35.5. The predicted molar refractivity (Wildman–Crippen MR) is 102 cm³/mol. The molecular weight excluding hydrogens is 324 g/mol. The molecule has 0 bridgehead atoms. The van der Waals surface area contributed by atoms with Crippen LogP contribution < -0.4 is 10.6 Å². The molecule has 4 nitrogen and oxygen atoms in total. The molecule has 2 rings (SSSR count). The molecule has 0 aromatic heterocycles. The van der Waals surface area contributed by atoms with Gasteiger partial charge < -0.3 is 15.4 Å². The average Bonchev–Trinajstić information content (AvgIpc) is 2.53. The fourth-order valence-corrected chi connectivity index (χ4v) is 4.28. The van der Waals surface area contributed by atoms with E-state index in [2.05, 4.69) is 31.4 Å². The minimum atomic E-state index is -0.317. The van der Waals surface area contributed by atoms with E-state index in [9.17, 15) is 4.79 Å². The summed E-state index contributed by atoms with van der Waals surface area (Å²) in [7, 11) is 1.70. The summed E-state index contributed by atoms with van der Waals surface area (Å²) in [5, 5.41) is 6.60. The van der Waals surface area contributed by atoms with Gasteiger partial charge in [-0.3, -0.25) is 4.79 Å². The molecule has 0 unspecified atom stereocenters. The maximum Gasteiger partial charge on any atom is 0.228 e. The van der Waals surface area contributed by atoms with Gasteiger partial charge in [0.05, 0.1) is 12.0 Å². The van der Waals surface area contributed by atoms with Crippen LogP contribution in [0.5, 0.6) is 0 Å². The number of halogens is 1. The normalized spacial score (nSPS) is 27.2. The fourth-order valence-electron chi connectivity index (χ4n) is 4.28. The second-order valence-electron chi connectivity index (χ2n) is 8.76. The summed E-state index contributed by atoms with van der Waals surface area (Å²) in [6.45, 7) is 10.3. The monoisotopic (exact) mass is 360 g/mol. The Morgan fingerprint density at radius 3 is 2.25 bits per heavy atom. The van der Waals surface area contributed by atoms with E-state index >= 15 is 0 Å². The smallest absolute Gasteiger partial charge is 0.228 e. The predicted octanol–water partition coefficient (Wildman–Crippen LogP) is 3.39. The first-order chi connectivity index (χ1) is 10.9. The number of carbonyl (C=O) groups is 1. The van der Waals surface area contributed by atoms with Crippen LogP contribution in [0.3, 0.4) is 0 Å². The highest BCUT2D eigenvalue weighted by molar-refractivity contribution is 5.85. The van der Waals surface area contributed by atoms with Crippen molar-refractivity contribution in [3.8, 4) is 0 Å². The van der Waals surface area contributed by atoms with Gasteiger partial charge >= 0.3 is 0 Å². The van der Waals surface area contributed by atoms with Crippen molar-refractivity contribution in [2.75, 3.05) is 33.4 Å². The van der Waals surface area contributed by atoms with Crippen LogP contribution in [0.4, 0.5) is 0 Å². The molecule has 0 aromatic carbocycles. The lowest BCUT2D eigenvalue weighted by molar-refractivity contribution is -0.136. The first kappa shape index (κ1) is 21.7. The van der Waals surface area contributed by atoms with Crippen LogP contribution in [0.15, 0.2) is 0 Å². The van der Waals surface area contributed by atoms with Crippen molar-refractivity contribution in [3.05, 3.63) is 0 Å². The molecule has 1 amide bonds. The number of amides is 1. The molecule has 1 saturated heterocycles. The van der Waals surface area contributed by atoms with E-state index in [1.807, 2.05) is 0 Å². The minimum absolute atomic E-state index is 0. The third-order valence-electron chi connectivity index (χ3n) is 6.09.